The van der Waals surface area contributed by atoms with Crippen molar-refractivity contribution in [2.45, 2.75) is 4.90 Å². The lowest BCUT2D eigenvalue weighted by atomic mass is 10.2. The summed E-state index contributed by atoms with van der Waals surface area (Å²) in [5.41, 5.74) is 1.91. The Morgan fingerprint density at radius 3 is 2.20 bits per heavy atom. The van der Waals surface area contributed by atoms with Crippen LogP contribution in [0.3, 0.4) is 0 Å². The maximum Gasteiger partial charge on any atom is 0.159 e. The Kier molecular flexibility index (Phi) is 2.83. The Balaban J connectivity index is 2.37. The van der Waals surface area contributed by atoms with E-state index in [9.17, 15) is 0 Å². The van der Waals surface area contributed by atoms with Crippen LogP contribution >= 0.6 is 12.6 Å². The van der Waals surface area contributed by atoms with Gasteiger partial charge in [-0.25, -0.2) is 9.97 Å². The zero-order chi connectivity index (χ0) is 10.7. The van der Waals surface area contributed by atoms with Crippen LogP contribution in [0.4, 0.5) is 0 Å². The van der Waals surface area contributed by atoms with Crippen LogP contribution in [0.1, 0.15) is 5.56 Å². The molecule has 0 radical (unpaired) electrons. The third-order valence-corrected chi connectivity index (χ3v) is 2.33. The molecule has 15 heavy (non-hydrogen) atoms. The summed E-state index contributed by atoms with van der Waals surface area (Å²) in [5, 5.41) is 0. The van der Waals surface area contributed by atoms with Crippen molar-refractivity contribution in [3.8, 4) is 11.4 Å². The highest BCUT2D eigenvalue weighted by Gasteiger charge is 1.99. The van der Waals surface area contributed by atoms with E-state index in [0.717, 1.165) is 16.0 Å². The zero-order valence-corrected chi connectivity index (χ0v) is 8.98. The van der Waals surface area contributed by atoms with E-state index in [1.165, 1.54) is 0 Å². The fraction of sp³-hybridized carbons (Fsp3) is 0. The first-order chi connectivity index (χ1) is 7.29. The molecule has 1 aromatic heterocycles. The second kappa shape index (κ2) is 4.28. The fourth-order valence-corrected chi connectivity index (χ4v) is 1.35. The zero-order valence-electron chi connectivity index (χ0n) is 8.09. The van der Waals surface area contributed by atoms with Crippen molar-refractivity contribution in [3.05, 3.63) is 48.8 Å². The molecule has 1 heterocycles. The predicted octanol–water partition coefficient (Wildman–Crippen LogP) is 3.08. The maximum absolute atomic E-state index is 4.24. The predicted molar refractivity (Wildman–Crippen MR) is 64.8 cm³/mol. The van der Waals surface area contributed by atoms with Crippen molar-refractivity contribution in [1.29, 1.82) is 0 Å². The minimum Gasteiger partial charge on any atom is -0.236 e. The number of hydrogen-bond acceptors (Lipinski definition) is 3. The Morgan fingerprint density at radius 2 is 1.67 bits per heavy atom. The first kappa shape index (κ1) is 9.93. The molecule has 0 fully saturated rings. The largest absolute Gasteiger partial charge is 0.236 e. The van der Waals surface area contributed by atoms with E-state index in [2.05, 4.69) is 29.2 Å². The van der Waals surface area contributed by atoms with Crippen molar-refractivity contribution in [2.75, 3.05) is 0 Å². The van der Waals surface area contributed by atoms with E-state index < -0.39 is 0 Å². The van der Waals surface area contributed by atoms with Crippen LogP contribution in [0.5, 0.6) is 0 Å². The van der Waals surface area contributed by atoms with E-state index in [0.29, 0.717) is 5.82 Å². The summed E-state index contributed by atoms with van der Waals surface area (Å²) in [6.45, 7) is 3.65. The molecule has 0 bridgehead atoms. The number of rotatable bonds is 2. The number of nitrogens with zero attached hydrogens (tertiary/aromatic N) is 2. The van der Waals surface area contributed by atoms with Crippen molar-refractivity contribution >= 4 is 18.7 Å². The Labute approximate surface area is 94.1 Å². The third kappa shape index (κ3) is 2.25. The molecule has 2 rings (SSSR count). The van der Waals surface area contributed by atoms with Gasteiger partial charge in [-0.2, -0.15) is 0 Å². The molecule has 0 aliphatic carbocycles. The smallest absolute Gasteiger partial charge is 0.159 e. The summed E-state index contributed by atoms with van der Waals surface area (Å²) in [4.78, 5) is 9.42. The van der Waals surface area contributed by atoms with Crippen LogP contribution in [-0.2, 0) is 0 Å². The Morgan fingerprint density at radius 1 is 1.07 bits per heavy atom. The normalized spacial score (nSPS) is 9.93. The van der Waals surface area contributed by atoms with E-state index in [1.54, 1.807) is 18.5 Å². The van der Waals surface area contributed by atoms with E-state index in [4.69, 9.17) is 0 Å². The summed E-state index contributed by atoms with van der Waals surface area (Å²) in [6, 6.07) is 7.74. The highest BCUT2D eigenvalue weighted by molar-refractivity contribution is 7.80. The lowest BCUT2D eigenvalue weighted by molar-refractivity contribution is 1.16. The van der Waals surface area contributed by atoms with Gasteiger partial charge in [0, 0.05) is 28.4 Å². The first-order valence-corrected chi connectivity index (χ1v) is 4.98. The third-order valence-electron chi connectivity index (χ3n) is 2.03. The molecule has 0 spiro atoms. The molecular formula is C12H10N2S. The molecule has 0 aliphatic heterocycles. The number of thiol groups is 1. The molecule has 0 saturated carbocycles. The van der Waals surface area contributed by atoms with Gasteiger partial charge in [0.1, 0.15) is 0 Å². The molecule has 0 amide bonds. The van der Waals surface area contributed by atoms with Crippen LogP contribution in [0, 0.1) is 0 Å². The molecule has 0 aliphatic rings. The van der Waals surface area contributed by atoms with Gasteiger partial charge < -0.3 is 0 Å². The molecule has 0 unspecified atom stereocenters. The minimum atomic E-state index is 0.717. The summed E-state index contributed by atoms with van der Waals surface area (Å²) in [6.07, 6.45) is 5.23. The monoisotopic (exact) mass is 214 g/mol. The molecule has 0 atom stereocenters. The van der Waals surface area contributed by atoms with Gasteiger partial charge in [0.25, 0.3) is 0 Å². The van der Waals surface area contributed by atoms with E-state index >= 15 is 0 Å². The van der Waals surface area contributed by atoms with Crippen molar-refractivity contribution < 1.29 is 0 Å². The van der Waals surface area contributed by atoms with Crippen molar-refractivity contribution in [3.63, 3.8) is 0 Å². The van der Waals surface area contributed by atoms with Gasteiger partial charge in [0.15, 0.2) is 5.82 Å². The topological polar surface area (TPSA) is 25.8 Å². The first-order valence-electron chi connectivity index (χ1n) is 4.53. The Bertz CT molecular complexity index is 460. The molecular weight excluding hydrogens is 204 g/mol. The molecule has 1 aromatic carbocycles. The lowest BCUT2D eigenvalue weighted by Gasteiger charge is -2.00. The summed E-state index contributed by atoms with van der Waals surface area (Å²) in [5.74, 6) is 0.717. The SMILES string of the molecule is C=Cc1cnc(-c2ccc(S)cc2)nc1. The Hall–Kier alpha value is -1.61. The maximum atomic E-state index is 4.24. The van der Waals surface area contributed by atoms with Gasteiger partial charge in [-0.05, 0) is 12.1 Å². The van der Waals surface area contributed by atoms with Crippen LogP contribution in [0.2, 0.25) is 0 Å². The van der Waals surface area contributed by atoms with Crippen LogP contribution in [-0.4, -0.2) is 9.97 Å². The second-order valence-corrected chi connectivity index (χ2v) is 3.61. The quantitative estimate of drug-likeness (QED) is 0.777. The molecule has 74 valence electrons. The summed E-state index contributed by atoms with van der Waals surface area (Å²) < 4.78 is 0. The molecule has 2 aromatic rings. The van der Waals surface area contributed by atoms with Crippen molar-refractivity contribution in [1.82, 2.24) is 9.97 Å². The van der Waals surface area contributed by atoms with E-state index in [1.807, 2.05) is 24.3 Å². The average Bonchev–Trinajstić information content (AvgIpc) is 2.30. The molecule has 0 N–H and O–H groups in total. The number of hydrogen-bond donors (Lipinski definition) is 1. The van der Waals surface area contributed by atoms with Crippen LogP contribution in [0.15, 0.2) is 48.1 Å². The van der Waals surface area contributed by atoms with Crippen LogP contribution < -0.4 is 0 Å². The highest BCUT2D eigenvalue weighted by Crippen LogP contribution is 2.16. The fourth-order valence-electron chi connectivity index (χ4n) is 1.20. The standard InChI is InChI=1S/C12H10N2S/c1-2-9-7-13-12(14-8-9)10-3-5-11(15)6-4-10/h2-8,15H,1H2. The molecule has 3 heteroatoms. The van der Waals surface area contributed by atoms with Gasteiger partial charge >= 0.3 is 0 Å². The van der Waals surface area contributed by atoms with Crippen molar-refractivity contribution in [2.24, 2.45) is 0 Å². The van der Waals surface area contributed by atoms with Gasteiger partial charge in [0.05, 0.1) is 0 Å². The molecule has 0 saturated heterocycles. The minimum absolute atomic E-state index is 0.717. The van der Waals surface area contributed by atoms with Gasteiger partial charge in [-0.1, -0.05) is 24.8 Å². The average molecular weight is 214 g/mol. The van der Waals surface area contributed by atoms with Gasteiger partial charge in [0.2, 0.25) is 0 Å². The van der Waals surface area contributed by atoms with E-state index in [-0.39, 0.29) is 0 Å². The number of benzene rings is 1. The second-order valence-electron chi connectivity index (χ2n) is 3.09. The highest BCUT2D eigenvalue weighted by atomic mass is 32.1. The summed E-state index contributed by atoms with van der Waals surface area (Å²) in [7, 11) is 0. The van der Waals surface area contributed by atoms with Crippen LogP contribution in [0.25, 0.3) is 17.5 Å². The van der Waals surface area contributed by atoms with Gasteiger partial charge in [-0.3, -0.25) is 0 Å². The summed E-state index contributed by atoms with van der Waals surface area (Å²) >= 11 is 4.22. The lowest BCUT2D eigenvalue weighted by Crippen LogP contribution is -1.88. The number of aromatic nitrogens is 2. The molecule has 2 nitrogen and oxygen atoms in total. The van der Waals surface area contributed by atoms with Gasteiger partial charge in [-0.15, -0.1) is 12.6 Å².